The molecule has 0 aliphatic heterocycles. The largest absolute Gasteiger partial charge is 0.233 e. The van der Waals surface area contributed by atoms with Gasteiger partial charge in [-0.05, 0) is 36.4 Å². The lowest BCUT2D eigenvalue weighted by Crippen LogP contribution is -1.95. The summed E-state index contributed by atoms with van der Waals surface area (Å²) in [7, 11) is 0. The number of rotatable bonds is 1. The van der Waals surface area contributed by atoms with Crippen molar-refractivity contribution in [1.82, 2.24) is 9.78 Å². The Morgan fingerprint density at radius 1 is 1.12 bits per heavy atom. The third-order valence-corrected chi connectivity index (χ3v) is 2.47. The van der Waals surface area contributed by atoms with Crippen LogP contribution < -0.4 is 0 Å². The maximum atomic E-state index is 12.8. The fourth-order valence-electron chi connectivity index (χ4n) is 1.69. The van der Waals surface area contributed by atoms with Crippen molar-refractivity contribution in [2.45, 2.75) is 0 Å². The summed E-state index contributed by atoms with van der Waals surface area (Å²) in [4.78, 5) is 0. The average molecular weight is 211 g/mol. The van der Waals surface area contributed by atoms with Gasteiger partial charge in [0.15, 0.2) is 0 Å². The highest BCUT2D eigenvalue weighted by molar-refractivity contribution is 5.79. The van der Waals surface area contributed by atoms with Crippen molar-refractivity contribution in [3.8, 4) is 5.69 Å². The molecule has 0 bridgehead atoms. The highest BCUT2D eigenvalue weighted by Crippen LogP contribution is 2.17. The van der Waals surface area contributed by atoms with Gasteiger partial charge in [-0.3, -0.25) is 0 Å². The third kappa shape index (κ3) is 1.37. The highest BCUT2D eigenvalue weighted by atomic mass is 19.1. The van der Waals surface area contributed by atoms with E-state index in [-0.39, 0.29) is 5.82 Å². The van der Waals surface area contributed by atoms with E-state index < -0.39 is 0 Å². The van der Waals surface area contributed by atoms with Gasteiger partial charge in [-0.2, -0.15) is 5.10 Å². The van der Waals surface area contributed by atoms with E-state index in [4.69, 9.17) is 0 Å². The lowest BCUT2D eigenvalue weighted by Gasteiger charge is -2.02. The summed E-state index contributed by atoms with van der Waals surface area (Å²) >= 11 is 0. The Balaban J connectivity index is 2.22. The predicted octanol–water partition coefficient (Wildman–Crippen LogP) is 2.96. The Morgan fingerprint density at radius 2 is 1.94 bits per heavy atom. The van der Waals surface area contributed by atoms with Gasteiger partial charge in [0.25, 0.3) is 0 Å². The molecule has 2 nitrogen and oxygen atoms in total. The van der Waals surface area contributed by atoms with Gasteiger partial charge < -0.3 is 0 Å². The summed E-state index contributed by atoms with van der Waals surface area (Å²) in [5.41, 5.74) is 1.81. The Bertz CT molecular complexity index is 626. The zero-order chi connectivity index (χ0) is 11.0. The van der Waals surface area contributed by atoms with Gasteiger partial charge in [0, 0.05) is 5.39 Å². The summed E-state index contributed by atoms with van der Waals surface area (Å²) < 4.78 is 14.6. The summed E-state index contributed by atoms with van der Waals surface area (Å²) in [5, 5.41) is 5.21. The summed E-state index contributed by atoms with van der Waals surface area (Å²) in [6.45, 7) is 0. The van der Waals surface area contributed by atoms with Gasteiger partial charge in [0.2, 0.25) is 0 Å². The van der Waals surface area contributed by atoms with Crippen molar-refractivity contribution in [2.24, 2.45) is 0 Å². The van der Waals surface area contributed by atoms with Crippen molar-refractivity contribution >= 4 is 10.9 Å². The molecule has 1 aromatic heterocycles. The molecule has 0 aliphatic rings. The minimum Gasteiger partial charge on any atom is -0.233 e. The van der Waals surface area contributed by atoms with Crippen LogP contribution in [0.1, 0.15) is 0 Å². The lowest BCUT2D eigenvalue weighted by atomic mass is 10.2. The zero-order valence-corrected chi connectivity index (χ0v) is 8.39. The van der Waals surface area contributed by atoms with E-state index in [9.17, 15) is 4.39 Å². The summed E-state index contributed by atoms with van der Waals surface area (Å²) in [5.74, 6) is -0.244. The zero-order valence-electron chi connectivity index (χ0n) is 8.39. The van der Waals surface area contributed by atoms with Crippen LogP contribution >= 0.6 is 0 Å². The first-order valence-corrected chi connectivity index (χ1v) is 4.95. The standard InChI is InChI=1S/C13H8FN2/c14-11-5-7-12(8-6-11)16-13-4-2-1-3-10(13)9-15-16/h1-2,4-9H. The lowest BCUT2D eigenvalue weighted by molar-refractivity contribution is 0.627. The molecule has 0 N–H and O–H groups in total. The first-order valence-electron chi connectivity index (χ1n) is 4.95. The van der Waals surface area contributed by atoms with Crippen LogP contribution in [0, 0.1) is 11.9 Å². The second kappa shape index (κ2) is 3.45. The minimum atomic E-state index is -0.244. The van der Waals surface area contributed by atoms with Crippen LogP contribution in [0.3, 0.4) is 0 Å². The second-order valence-corrected chi connectivity index (χ2v) is 3.50. The first kappa shape index (κ1) is 9.09. The molecule has 0 saturated heterocycles. The third-order valence-electron chi connectivity index (χ3n) is 2.47. The number of benzene rings is 2. The first-order chi connectivity index (χ1) is 7.84. The van der Waals surface area contributed by atoms with E-state index in [0.717, 1.165) is 16.6 Å². The van der Waals surface area contributed by atoms with Crippen LogP contribution in [0.5, 0.6) is 0 Å². The van der Waals surface area contributed by atoms with E-state index in [1.165, 1.54) is 12.1 Å². The molecule has 77 valence electrons. The molecule has 0 spiro atoms. The van der Waals surface area contributed by atoms with Crippen LogP contribution in [0.25, 0.3) is 16.6 Å². The second-order valence-electron chi connectivity index (χ2n) is 3.50. The van der Waals surface area contributed by atoms with E-state index >= 15 is 0 Å². The van der Waals surface area contributed by atoms with Crippen LogP contribution in [0.4, 0.5) is 4.39 Å². The molecule has 3 aromatic rings. The SMILES string of the molecule is Fc1ccc(-n2ncc3[c]cccc32)cc1. The normalized spacial score (nSPS) is 10.8. The monoisotopic (exact) mass is 211 g/mol. The molecular formula is C13H8FN2. The molecule has 3 rings (SSSR count). The molecular weight excluding hydrogens is 203 g/mol. The number of nitrogens with zero attached hydrogens (tertiary/aromatic N) is 2. The molecule has 0 fully saturated rings. The van der Waals surface area contributed by atoms with Crippen molar-refractivity contribution in [1.29, 1.82) is 0 Å². The van der Waals surface area contributed by atoms with E-state index in [0.29, 0.717) is 0 Å². The molecule has 0 amide bonds. The quantitative estimate of drug-likeness (QED) is 0.605. The predicted molar refractivity (Wildman–Crippen MR) is 59.9 cm³/mol. The molecule has 0 saturated carbocycles. The molecule has 1 heterocycles. The summed E-state index contributed by atoms with van der Waals surface area (Å²) in [6, 6.07) is 15.1. The topological polar surface area (TPSA) is 17.8 Å². The van der Waals surface area contributed by atoms with E-state index in [2.05, 4.69) is 11.2 Å². The average Bonchev–Trinajstić information content (AvgIpc) is 2.74. The van der Waals surface area contributed by atoms with Gasteiger partial charge >= 0.3 is 0 Å². The van der Waals surface area contributed by atoms with Crippen LogP contribution in [-0.2, 0) is 0 Å². The molecule has 0 aliphatic carbocycles. The van der Waals surface area contributed by atoms with Gasteiger partial charge in [-0.15, -0.1) is 0 Å². The van der Waals surface area contributed by atoms with Crippen LogP contribution in [0.15, 0.2) is 48.7 Å². The number of halogens is 1. The summed E-state index contributed by atoms with van der Waals surface area (Å²) in [6.07, 6.45) is 1.75. The van der Waals surface area contributed by atoms with Crippen molar-refractivity contribution in [3.63, 3.8) is 0 Å². The Hall–Kier alpha value is -2.16. The fraction of sp³-hybridized carbons (Fsp3) is 0. The van der Waals surface area contributed by atoms with Gasteiger partial charge in [-0.1, -0.05) is 12.1 Å². The molecule has 0 unspecified atom stereocenters. The van der Waals surface area contributed by atoms with Gasteiger partial charge in [0.05, 0.1) is 17.4 Å². The maximum Gasteiger partial charge on any atom is 0.123 e. The Kier molecular flexibility index (Phi) is 1.96. The molecule has 2 aromatic carbocycles. The van der Waals surface area contributed by atoms with E-state index in [1.54, 1.807) is 23.0 Å². The van der Waals surface area contributed by atoms with Gasteiger partial charge in [0.1, 0.15) is 5.82 Å². The van der Waals surface area contributed by atoms with Crippen molar-refractivity contribution in [3.05, 3.63) is 60.5 Å². The number of fused-ring (bicyclic) bond motifs is 1. The van der Waals surface area contributed by atoms with Gasteiger partial charge in [-0.25, -0.2) is 9.07 Å². The number of aromatic nitrogens is 2. The van der Waals surface area contributed by atoms with E-state index in [1.807, 2.05) is 18.2 Å². The highest BCUT2D eigenvalue weighted by Gasteiger charge is 2.03. The Labute approximate surface area is 91.9 Å². The fourth-order valence-corrected chi connectivity index (χ4v) is 1.69. The molecule has 0 atom stereocenters. The maximum absolute atomic E-state index is 12.8. The van der Waals surface area contributed by atoms with Crippen molar-refractivity contribution < 1.29 is 4.39 Å². The van der Waals surface area contributed by atoms with Crippen LogP contribution in [0.2, 0.25) is 0 Å². The minimum absolute atomic E-state index is 0.244. The van der Waals surface area contributed by atoms with Crippen LogP contribution in [-0.4, -0.2) is 9.78 Å². The molecule has 16 heavy (non-hydrogen) atoms. The smallest absolute Gasteiger partial charge is 0.123 e. The van der Waals surface area contributed by atoms with Crippen molar-refractivity contribution in [2.75, 3.05) is 0 Å². The molecule has 3 heteroatoms. The number of hydrogen-bond donors (Lipinski definition) is 0. The Morgan fingerprint density at radius 3 is 2.75 bits per heavy atom. The number of hydrogen-bond acceptors (Lipinski definition) is 1. The molecule has 1 radical (unpaired) electrons.